The zero-order valence-electron chi connectivity index (χ0n) is 9.32. The number of hydrogen-bond acceptors (Lipinski definition) is 2. The van der Waals surface area contributed by atoms with Crippen LogP contribution >= 0.6 is 0 Å². The van der Waals surface area contributed by atoms with E-state index in [2.05, 4.69) is 20.8 Å². The van der Waals surface area contributed by atoms with E-state index in [4.69, 9.17) is 0 Å². The van der Waals surface area contributed by atoms with Crippen LogP contribution in [0.3, 0.4) is 0 Å². The Morgan fingerprint density at radius 3 is 2.07 bits per heavy atom. The van der Waals surface area contributed by atoms with Gasteiger partial charge in [0.05, 0.1) is 0 Å². The van der Waals surface area contributed by atoms with Crippen molar-refractivity contribution in [2.45, 2.75) is 40.0 Å². The second-order valence-electron chi connectivity index (χ2n) is 5.40. The number of piperidine rings is 1. The monoisotopic (exact) mass is 219 g/mol. The summed E-state index contributed by atoms with van der Waals surface area (Å²) in [5.74, 6) is 0.709. The highest BCUT2D eigenvalue weighted by molar-refractivity contribution is 7.69. The predicted octanol–water partition coefficient (Wildman–Crippen LogP) is 1.66. The summed E-state index contributed by atoms with van der Waals surface area (Å²) in [6.07, 6.45) is 3.26. The van der Waals surface area contributed by atoms with Gasteiger partial charge in [-0.25, -0.2) is 12.7 Å². The molecule has 1 heterocycles. The first-order valence-corrected chi connectivity index (χ1v) is 6.41. The Morgan fingerprint density at radius 1 is 1.21 bits per heavy atom. The molecule has 0 unspecified atom stereocenters. The van der Waals surface area contributed by atoms with Gasteiger partial charge in [-0.05, 0) is 30.6 Å². The topological polar surface area (TPSA) is 37.4 Å². The molecule has 0 spiro atoms. The number of thiol groups is 1. The van der Waals surface area contributed by atoms with Crippen molar-refractivity contribution in [2.75, 3.05) is 13.1 Å². The summed E-state index contributed by atoms with van der Waals surface area (Å²) in [6.45, 7) is 8.17. The molecule has 1 rings (SSSR count). The first-order chi connectivity index (χ1) is 6.38. The molecular formula is C10H21NO2S. The first-order valence-electron chi connectivity index (χ1n) is 5.28. The molecule has 4 heteroatoms. The summed E-state index contributed by atoms with van der Waals surface area (Å²) in [7, 11) is -2.34. The van der Waals surface area contributed by atoms with Crippen LogP contribution in [0, 0.1) is 11.3 Å². The van der Waals surface area contributed by atoms with Crippen molar-refractivity contribution in [2.24, 2.45) is 11.3 Å². The quantitative estimate of drug-likeness (QED) is 0.717. The average molecular weight is 219 g/mol. The SMILES string of the molecule is CC(C)(C)CC1CCN([SH](=O)=O)CC1. The molecule has 0 aromatic carbocycles. The summed E-state index contributed by atoms with van der Waals surface area (Å²) in [5, 5.41) is 0. The highest BCUT2D eigenvalue weighted by atomic mass is 32.2. The van der Waals surface area contributed by atoms with Crippen LogP contribution in [0.2, 0.25) is 0 Å². The second-order valence-corrected chi connectivity index (χ2v) is 6.44. The molecule has 84 valence electrons. The Kier molecular flexibility index (Phi) is 3.95. The Balaban J connectivity index is 2.36. The molecule has 0 N–H and O–H groups in total. The van der Waals surface area contributed by atoms with Gasteiger partial charge in [-0.2, -0.15) is 0 Å². The molecule has 14 heavy (non-hydrogen) atoms. The summed E-state index contributed by atoms with van der Waals surface area (Å²) in [6, 6.07) is 0. The first kappa shape index (κ1) is 12.0. The van der Waals surface area contributed by atoms with Crippen LogP contribution in [-0.4, -0.2) is 25.8 Å². The van der Waals surface area contributed by atoms with Gasteiger partial charge in [0.25, 0.3) is 0 Å². The van der Waals surface area contributed by atoms with E-state index in [-0.39, 0.29) is 0 Å². The van der Waals surface area contributed by atoms with Gasteiger partial charge in [-0.3, -0.25) is 0 Å². The average Bonchev–Trinajstić information content (AvgIpc) is 2.02. The van der Waals surface area contributed by atoms with Gasteiger partial charge in [-0.15, -0.1) is 0 Å². The van der Waals surface area contributed by atoms with Crippen LogP contribution in [0.4, 0.5) is 0 Å². The minimum Gasteiger partial charge on any atom is -0.215 e. The molecule has 0 bridgehead atoms. The van der Waals surface area contributed by atoms with E-state index < -0.39 is 10.9 Å². The van der Waals surface area contributed by atoms with E-state index in [0.29, 0.717) is 11.3 Å². The molecule has 3 nitrogen and oxygen atoms in total. The fourth-order valence-corrected chi connectivity index (χ4v) is 2.71. The minimum absolute atomic E-state index is 0.368. The third-order valence-electron chi connectivity index (χ3n) is 2.72. The molecule has 0 aliphatic carbocycles. The Labute approximate surface area is 88.6 Å². The van der Waals surface area contributed by atoms with E-state index in [1.807, 2.05) is 0 Å². The lowest BCUT2D eigenvalue weighted by Crippen LogP contribution is -2.33. The van der Waals surface area contributed by atoms with Gasteiger partial charge in [0.1, 0.15) is 0 Å². The molecule has 0 amide bonds. The van der Waals surface area contributed by atoms with E-state index >= 15 is 0 Å². The van der Waals surface area contributed by atoms with E-state index in [1.165, 1.54) is 6.42 Å². The molecular weight excluding hydrogens is 198 g/mol. The summed E-state index contributed by atoms with van der Waals surface area (Å²) >= 11 is 0. The lowest BCUT2D eigenvalue weighted by molar-refractivity contribution is 0.210. The Hall–Kier alpha value is -0.0900. The number of hydrogen-bond donors (Lipinski definition) is 1. The zero-order valence-corrected chi connectivity index (χ0v) is 10.2. The van der Waals surface area contributed by atoms with Crippen molar-refractivity contribution >= 4 is 10.9 Å². The molecule has 0 saturated carbocycles. The van der Waals surface area contributed by atoms with Crippen molar-refractivity contribution in [3.63, 3.8) is 0 Å². The lowest BCUT2D eigenvalue weighted by Gasteiger charge is -2.32. The van der Waals surface area contributed by atoms with Crippen molar-refractivity contribution < 1.29 is 8.42 Å². The Bertz CT molecular complexity index is 239. The van der Waals surface area contributed by atoms with Gasteiger partial charge in [0.2, 0.25) is 10.9 Å². The third kappa shape index (κ3) is 3.96. The number of nitrogens with zero attached hydrogens (tertiary/aromatic N) is 1. The second kappa shape index (κ2) is 4.62. The lowest BCUT2D eigenvalue weighted by atomic mass is 9.81. The van der Waals surface area contributed by atoms with Crippen molar-refractivity contribution in [3.8, 4) is 0 Å². The van der Waals surface area contributed by atoms with Crippen LogP contribution in [0.25, 0.3) is 0 Å². The molecule has 1 aliphatic rings. The predicted molar refractivity (Wildman–Crippen MR) is 58.7 cm³/mol. The van der Waals surface area contributed by atoms with Gasteiger partial charge < -0.3 is 0 Å². The van der Waals surface area contributed by atoms with Gasteiger partial charge in [0, 0.05) is 13.1 Å². The van der Waals surface area contributed by atoms with E-state index in [0.717, 1.165) is 25.9 Å². The maximum absolute atomic E-state index is 10.7. The van der Waals surface area contributed by atoms with Crippen molar-refractivity contribution in [3.05, 3.63) is 0 Å². The van der Waals surface area contributed by atoms with Crippen molar-refractivity contribution in [1.29, 1.82) is 0 Å². The zero-order chi connectivity index (χ0) is 10.8. The van der Waals surface area contributed by atoms with Crippen molar-refractivity contribution in [1.82, 2.24) is 4.31 Å². The fourth-order valence-electron chi connectivity index (χ4n) is 2.15. The summed E-state index contributed by atoms with van der Waals surface area (Å²) in [4.78, 5) is 0. The van der Waals surface area contributed by atoms with Gasteiger partial charge in [0.15, 0.2) is 0 Å². The molecule has 0 atom stereocenters. The normalized spacial score (nSPS) is 21.7. The summed E-state index contributed by atoms with van der Waals surface area (Å²) in [5.41, 5.74) is 0.368. The largest absolute Gasteiger partial charge is 0.215 e. The Morgan fingerprint density at radius 2 is 1.71 bits per heavy atom. The van der Waals surface area contributed by atoms with E-state index in [1.54, 1.807) is 4.31 Å². The third-order valence-corrected chi connectivity index (χ3v) is 3.58. The van der Waals surface area contributed by atoms with Crippen LogP contribution in [-0.2, 0) is 10.9 Å². The number of rotatable bonds is 2. The van der Waals surface area contributed by atoms with Crippen LogP contribution in [0.5, 0.6) is 0 Å². The fraction of sp³-hybridized carbons (Fsp3) is 1.00. The van der Waals surface area contributed by atoms with Gasteiger partial charge in [-0.1, -0.05) is 20.8 Å². The van der Waals surface area contributed by atoms with Crippen LogP contribution in [0.15, 0.2) is 0 Å². The molecule has 1 fully saturated rings. The van der Waals surface area contributed by atoms with E-state index in [9.17, 15) is 8.42 Å². The minimum atomic E-state index is -2.34. The molecule has 1 saturated heterocycles. The smallest absolute Gasteiger partial charge is 0.203 e. The molecule has 1 aliphatic heterocycles. The molecule has 0 aromatic rings. The highest BCUT2D eigenvalue weighted by Gasteiger charge is 2.24. The van der Waals surface area contributed by atoms with Crippen LogP contribution in [0.1, 0.15) is 40.0 Å². The maximum Gasteiger partial charge on any atom is 0.203 e. The molecule has 0 aromatic heterocycles. The maximum atomic E-state index is 10.7. The molecule has 0 radical (unpaired) electrons. The standard InChI is InChI=1S/C10H21NO2S/c1-10(2,3)8-9-4-6-11(7-5-9)14(12)13/h9,14H,4-8H2,1-3H3. The summed E-state index contributed by atoms with van der Waals surface area (Å²) < 4.78 is 23.0. The van der Waals surface area contributed by atoms with Crippen LogP contribution < -0.4 is 0 Å². The van der Waals surface area contributed by atoms with Gasteiger partial charge >= 0.3 is 0 Å². The highest BCUT2D eigenvalue weighted by Crippen LogP contribution is 2.30.